The topological polar surface area (TPSA) is 12.0 Å². The van der Waals surface area contributed by atoms with Crippen LogP contribution in [0.25, 0.3) is 0 Å². The lowest BCUT2D eigenvalue weighted by atomic mass is 10.1. The lowest BCUT2D eigenvalue weighted by Crippen LogP contribution is -2.22. The molecule has 0 aliphatic carbocycles. The molecule has 0 amide bonds. The summed E-state index contributed by atoms with van der Waals surface area (Å²) in [5.41, 5.74) is 1.38. The first kappa shape index (κ1) is 13.3. The summed E-state index contributed by atoms with van der Waals surface area (Å²) in [6.45, 7) is 5.45. The van der Waals surface area contributed by atoms with Crippen LogP contribution >= 0.6 is 38.6 Å². The fourth-order valence-corrected chi connectivity index (χ4v) is 4.39. The van der Waals surface area contributed by atoms with Gasteiger partial charge in [-0.05, 0) is 58.9 Å². The second-order valence-electron chi connectivity index (χ2n) is 4.02. The highest BCUT2D eigenvalue weighted by molar-refractivity contribution is 9.10. The van der Waals surface area contributed by atoms with Gasteiger partial charge in [0.2, 0.25) is 0 Å². The summed E-state index contributed by atoms with van der Waals surface area (Å²) in [5, 5.41) is 7.97. The van der Waals surface area contributed by atoms with Crippen molar-refractivity contribution in [3.05, 3.63) is 42.7 Å². The van der Waals surface area contributed by atoms with E-state index in [9.17, 15) is 0 Å². The predicted octanol–water partition coefficient (Wildman–Crippen LogP) is 4.97. The van der Waals surface area contributed by atoms with E-state index in [1.165, 1.54) is 19.8 Å². The van der Waals surface area contributed by atoms with Crippen molar-refractivity contribution < 1.29 is 0 Å². The molecule has 2 heterocycles. The zero-order chi connectivity index (χ0) is 12.3. The van der Waals surface area contributed by atoms with Gasteiger partial charge < -0.3 is 5.32 Å². The van der Waals surface area contributed by atoms with Gasteiger partial charge in [0.1, 0.15) is 0 Å². The van der Waals surface area contributed by atoms with Crippen molar-refractivity contribution in [1.29, 1.82) is 0 Å². The van der Waals surface area contributed by atoms with Gasteiger partial charge >= 0.3 is 0 Å². The predicted molar refractivity (Wildman–Crippen MR) is 81.2 cm³/mol. The number of halogens is 1. The van der Waals surface area contributed by atoms with Crippen LogP contribution < -0.4 is 5.32 Å². The first-order valence-corrected chi connectivity index (χ1v) is 8.29. The van der Waals surface area contributed by atoms with Gasteiger partial charge in [-0.15, -0.1) is 22.7 Å². The van der Waals surface area contributed by atoms with Gasteiger partial charge in [0.05, 0.1) is 6.04 Å². The summed E-state index contributed by atoms with van der Waals surface area (Å²) < 4.78 is 1.18. The largest absolute Gasteiger partial charge is 0.305 e. The van der Waals surface area contributed by atoms with Crippen LogP contribution in [-0.4, -0.2) is 6.54 Å². The molecule has 0 spiro atoms. The lowest BCUT2D eigenvalue weighted by molar-refractivity contribution is 0.611. The van der Waals surface area contributed by atoms with Gasteiger partial charge in [0.15, 0.2) is 0 Å². The SMILES string of the molecule is CCCNC(c1cc(Br)cs1)c1sccc1C. The molecule has 2 aromatic heterocycles. The normalized spacial score (nSPS) is 12.9. The molecule has 0 bridgehead atoms. The molecular formula is C13H16BrNS2. The standard InChI is InChI=1S/C13H16BrNS2/c1-3-5-15-12(11-7-10(14)8-17-11)13-9(2)4-6-16-13/h4,6-8,12,15H,3,5H2,1-2H3. The van der Waals surface area contributed by atoms with Gasteiger partial charge in [-0.25, -0.2) is 0 Å². The molecule has 4 heteroatoms. The summed E-state index contributed by atoms with van der Waals surface area (Å²) in [6.07, 6.45) is 1.16. The average molecular weight is 330 g/mol. The number of rotatable bonds is 5. The maximum absolute atomic E-state index is 3.64. The van der Waals surface area contributed by atoms with Crippen molar-refractivity contribution in [2.45, 2.75) is 26.3 Å². The molecule has 1 atom stereocenters. The Morgan fingerprint density at radius 2 is 2.24 bits per heavy atom. The van der Waals surface area contributed by atoms with Crippen molar-refractivity contribution in [1.82, 2.24) is 5.32 Å². The summed E-state index contributed by atoms with van der Waals surface area (Å²) >= 11 is 7.19. The van der Waals surface area contributed by atoms with Crippen molar-refractivity contribution in [3.8, 4) is 0 Å². The van der Waals surface area contributed by atoms with Crippen molar-refractivity contribution in [2.75, 3.05) is 6.54 Å². The number of thiophene rings is 2. The Morgan fingerprint density at radius 3 is 2.76 bits per heavy atom. The van der Waals surface area contributed by atoms with Crippen LogP contribution in [0.2, 0.25) is 0 Å². The average Bonchev–Trinajstić information content (AvgIpc) is 2.90. The highest BCUT2D eigenvalue weighted by Gasteiger charge is 2.18. The zero-order valence-corrected chi connectivity index (χ0v) is 13.2. The van der Waals surface area contributed by atoms with Gasteiger partial charge in [-0.2, -0.15) is 0 Å². The fraction of sp³-hybridized carbons (Fsp3) is 0.385. The third kappa shape index (κ3) is 3.19. The summed E-state index contributed by atoms with van der Waals surface area (Å²) in [7, 11) is 0. The van der Waals surface area contributed by atoms with Crippen LogP contribution in [-0.2, 0) is 0 Å². The molecule has 1 nitrogen and oxygen atoms in total. The highest BCUT2D eigenvalue weighted by Crippen LogP contribution is 2.34. The maximum Gasteiger partial charge on any atom is 0.0767 e. The molecule has 1 N–H and O–H groups in total. The third-order valence-corrected chi connectivity index (χ3v) is 5.48. The van der Waals surface area contributed by atoms with Crippen LogP contribution in [0, 0.1) is 6.92 Å². The second kappa shape index (κ2) is 6.14. The molecule has 0 radical (unpaired) electrons. The third-order valence-electron chi connectivity index (χ3n) is 2.63. The minimum Gasteiger partial charge on any atom is -0.305 e. The highest BCUT2D eigenvalue weighted by atomic mass is 79.9. The van der Waals surface area contributed by atoms with E-state index in [4.69, 9.17) is 0 Å². The molecule has 17 heavy (non-hydrogen) atoms. The van der Waals surface area contributed by atoms with Crippen molar-refractivity contribution in [3.63, 3.8) is 0 Å². The Bertz CT molecular complexity index is 475. The van der Waals surface area contributed by atoms with Crippen LogP contribution in [0.5, 0.6) is 0 Å². The smallest absolute Gasteiger partial charge is 0.0767 e. The Hall–Kier alpha value is -0.160. The molecule has 0 saturated carbocycles. The molecule has 1 unspecified atom stereocenters. The van der Waals surface area contributed by atoms with E-state index in [0.717, 1.165) is 13.0 Å². The first-order valence-electron chi connectivity index (χ1n) is 5.73. The molecule has 92 valence electrons. The Kier molecular flexibility index (Phi) is 4.79. The maximum atomic E-state index is 3.64. The van der Waals surface area contributed by atoms with E-state index in [-0.39, 0.29) is 0 Å². The van der Waals surface area contributed by atoms with E-state index >= 15 is 0 Å². The van der Waals surface area contributed by atoms with E-state index in [1.807, 2.05) is 22.7 Å². The minimum absolute atomic E-state index is 0.353. The van der Waals surface area contributed by atoms with E-state index < -0.39 is 0 Å². The first-order chi connectivity index (χ1) is 8.22. The molecule has 0 aromatic carbocycles. The number of hydrogen-bond acceptors (Lipinski definition) is 3. The second-order valence-corrected chi connectivity index (χ2v) is 6.83. The van der Waals surface area contributed by atoms with E-state index in [1.54, 1.807) is 0 Å². The molecule has 0 aliphatic rings. The number of aryl methyl sites for hydroxylation is 1. The molecular weight excluding hydrogens is 314 g/mol. The van der Waals surface area contributed by atoms with Gasteiger partial charge in [-0.1, -0.05) is 6.92 Å². The molecule has 0 fully saturated rings. The van der Waals surface area contributed by atoms with Crippen LogP contribution in [0.4, 0.5) is 0 Å². The Balaban J connectivity index is 2.28. The van der Waals surface area contributed by atoms with E-state index in [2.05, 4.69) is 58.0 Å². The molecule has 0 aliphatic heterocycles. The van der Waals surface area contributed by atoms with Gasteiger partial charge in [0.25, 0.3) is 0 Å². The minimum atomic E-state index is 0.353. The van der Waals surface area contributed by atoms with Crippen molar-refractivity contribution in [2.24, 2.45) is 0 Å². The van der Waals surface area contributed by atoms with Gasteiger partial charge in [-0.3, -0.25) is 0 Å². The molecule has 2 aromatic rings. The zero-order valence-electron chi connectivity index (χ0n) is 10.00. The summed E-state index contributed by atoms with van der Waals surface area (Å²) in [6, 6.07) is 4.77. The van der Waals surface area contributed by atoms with Crippen LogP contribution in [0.3, 0.4) is 0 Å². The van der Waals surface area contributed by atoms with E-state index in [0.29, 0.717) is 6.04 Å². The summed E-state index contributed by atoms with van der Waals surface area (Å²) in [5.74, 6) is 0. The molecule has 2 rings (SSSR count). The monoisotopic (exact) mass is 329 g/mol. The van der Waals surface area contributed by atoms with Crippen LogP contribution in [0.1, 0.15) is 34.7 Å². The van der Waals surface area contributed by atoms with Crippen LogP contribution in [0.15, 0.2) is 27.4 Å². The Labute approximate surface area is 119 Å². The summed E-state index contributed by atoms with van der Waals surface area (Å²) in [4.78, 5) is 2.82. The van der Waals surface area contributed by atoms with Gasteiger partial charge in [0, 0.05) is 19.6 Å². The number of hydrogen-bond donors (Lipinski definition) is 1. The fourth-order valence-electron chi connectivity index (χ4n) is 1.77. The number of nitrogens with one attached hydrogen (secondary N) is 1. The lowest BCUT2D eigenvalue weighted by Gasteiger charge is -2.16. The van der Waals surface area contributed by atoms with Crippen molar-refractivity contribution >= 4 is 38.6 Å². The quantitative estimate of drug-likeness (QED) is 0.816. The Morgan fingerprint density at radius 1 is 1.41 bits per heavy atom. The molecule has 0 saturated heterocycles.